The third-order valence-electron chi connectivity index (χ3n) is 21.5. The molecule has 29 heteroatoms. The number of aliphatic hydroxyl groups excluding tert-OH is 11. The molecule has 0 radical (unpaired) electrons. The number of Topliss-reactive ketones (excluding diaryl/α,β-unsaturated/α-hetero) is 1. The molecule has 23 unspecified atom stereocenters. The second kappa shape index (κ2) is 46.9. The van der Waals surface area contributed by atoms with Crippen LogP contribution in [0.5, 0.6) is 0 Å². The number of hydrogen-bond donors (Lipinski definition) is 17. The number of hydrogen-bond acceptors (Lipinski definition) is 23. The Balaban J connectivity index is 2.69. The lowest BCUT2D eigenvalue weighted by Crippen LogP contribution is -2.59. The average molecular weight is 1570 g/mol. The van der Waals surface area contributed by atoms with E-state index in [1.54, 1.807) is 67.5 Å². The number of carboxylic acids is 3. The molecule has 111 heavy (non-hydrogen) atoms. The molecule has 0 saturated carbocycles. The molecule has 0 aromatic rings. The zero-order chi connectivity index (χ0) is 85.0. The number of rotatable bonds is 29. The number of esters is 2. The van der Waals surface area contributed by atoms with Gasteiger partial charge in [0.2, 0.25) is 17.7 Å². The minimum absolute atomic E-state index is 0.0335. The number of cyclic esters (lactones) is 1. The minimum Gasteiger partial charge on any atom is -0.481 e. The monoisotopic (exact) mass is 1570 g/mol. The van der Waals surface area contributed by atoms with Gasteiger partial charge in [0.25, 0.3) is 0 Å². The van der Waals surface area contributed by atoms with E-state index in [2.05, 4.69) is 22.9 Å². The van der Waals surface area contributed by atoms with Crippen LogP contribution in [0.4, 0.5) is 0 Å². The van der Waals surface area contributed by atoms with Crippen molar-refractivity contribution < 1.29 is 129 Å². The highest BCUT2D eigenvalue weighted by atomic mass is 16.6. The molecule has 2 rings (SSSR count). The van der Waals surface area contributed by atoms with Crippen molar-refractivity contribution in [2.75, 3.05) is 0 Å². The average Bonchev–Trinajstić information content (AvgIpc) is 0.816. The van der Waals surface area contributed by atoms with Crippen molar-refractivity contribution in [3.63, 3.8) is 0 Å². The smallest absolute Gasteiger partial charge is 0.335 e. The van der Waals surface area contributed by atoms with Crippen LogP contribution in [-0.4, -0.2) is 235 Å². The zero-order valence-electron chi connectivity index (χ0n) is 67.8. The number of nitrogens with one attached hydrogen (secondary N) is 3. The highest BCUT2D eigenvalue weighted by Gasteiger charge is 2.47. The van der Waals surface area contributed by atoms with Gasteiger partial charge < -0.3 is 102 Å². The van der Waals surface area contributed by atoms with Gasteiger partial charge in [-0.3, -0.25) is 28.8 Å². The molecule has 1 saturated heterocycles. The second-order valence-corrected chi connectivity index (χ2v) is 32.4. The van der Waals surface area contributed by atoms with Crippen LogP contribution in [0.15, 0.2) is 95.7 Å². The van der Waals surface area contributed by atoms with Gasteiger partial charge >= 0.3 is 29.8 Å². The van der Waals surface area contributed by atoms with Crippen molar-refractivity contribution in [1.29, 1.82) is 0 Å². The predicted octanol–water partition coefficient (Wildman–Crippen LogP) is 5.18. The topological polar surface area (TPSA) is 501 Å². The summed E-state index contributed by atoms with van der Waals surface area (Å²) in [6, 6.07) is -5.57. The summed E-state index contributed by atoms with van der Waals surface area (Å²) in [6.07, 6.45) is 0.367. The fraction of sp³-hybridized carbons (Fsp3) is 0.695. The number of fused-ring (bicyclic) bond motifs is 2. The van der Waals surface area contributed by atoms with E-state index in [4.69, 9.17) is 14.2 Å². The fourth-order valence-electron chi connectivity index (χ4n) is 13.6. The Morgan fingerprint density at radius 3 is 1.86 bits per heavy atom. The maximum Gasteiger partial charge on any atom is 0.335 e. The van der Waals surface area contributed by atoms with Crippen molar-refractivity contribution in [1.82, 2.24) is 16.0 Å². The van der Waals surface area contributed by atoms with Crippen LogP contribution in [0.3, 0.4) is 0 Å². The molecule has 2 aliphatic rings. The number of carbonyl (C=O) groups excluding carboxylic acids is 6. The summed E-state index contributed by atoms with van der Waals surface area (Å²) in [5, 5.41) is 162. The number of ketones is 1. The zero-order valence-corrected chi connectivity index (χ0v) is 67.8. The van der Waals surface area contributed by atoms with E-state index in [9.17, 15) is 115 Å². The third-order valence-corrected chi connectivity index (χ3v) is 21.5. The normalized spacial score (nSPS) is 29.9. The summed E-state index contributed by atoms with van der Waals surface area (Å²) in [6.45, 7) is 27.3. The summed E-state index contributed by atoms with van der Waals surface area (Å²) in [5.74, 6) is -18.8. The second-order valence-electron chi connectivity index (χ2n) is 32.4. The molecule has 0 aromatic carbocycles. The highest BCUT2D eigenvalue weighted by Crippen LogP contribution is 2.35. The van der Waals surface area contributed by atoms with Crippen LogP contribution in [0.1, 0.15) is 189 Å². The van der Waals surface area contributed by atoms with Gasteiger partial charge in [-0.05, 0) is 147 Å². The summed E-state index contributed by atoms with van der Waals surface area (Å²) in [7, 11) is 0. The quantitative estimate of drug-likeness (QED) is 0.0261. The molecule has 0 aliphatic carbocycles. The number of carboxylic acid groups (broad SMARTS) is 3. The van der Waals surface area contributed by atoms with E-state index < -0.39 is 222 Å². The van der Waals surface area contributed by atoms with Crippen LogP contribution >= 0.6 is 0 Å². The molecule has 2 heterocycles. The van der Waals surface area contributed by atoms with Gasteiger partial charge in [-0.1, -0.05) is 136 Å². The minimum atomic E-state index is -2.71. The van der Waals surface area contributed by atoms with E-state index in [0.717, 1.165) is 25.5 Å². The number of aliphatic carboxylic acids is 3. The Morgan fingerprint density at radius 1 is 0.703 bits per heavy atom. The Bertz CT molecular complexity index is 3300. The summed E-state index contributed by atoms with van der Waals surface area (Å²) in [4.78, 5) is 119. The molecular formula is C82H131N3O26. The molecule has 0 spiro atoms. The molecule has 29 nitrogen and oxygen atoms in total. The van der Waals surface area contributed by atoms with Gasteiger partial charge in [0.05, 0.1) is 97.0 Å². The molecule has 630 valence electrons. The Kier molecular flexibility index (Phi) is 42.2. The van der Waals surface area contributed by atoms with Crippen molar-refractivity contribution >= 4 is 53.4 Å². The number of amides is 3. The van der Waals surface area contributed by atoms with Crippen molar-refractivity contribution in [2.45, 2.75) is 299 Å². The largest absolute Gasteiger partial charge is 0.481 e. The fourth-order valence-corrected chi connectivity index (χ4v) is 13.6. The molecule has 3 amide bonds. The summed E-state index contributed by atoms with van der Waals surface area (Å²) >= 11 is 0. The highest BCUT2D eigenvalue weighted by molar-refractivity contribution is 5.95. The Labute approximate surface area is 653 Å². The number of ether oxygens (including phenoxy) is 3. The lowest BCUT2D eigenvalue weighted by atomic mass is 9.72. The molecular weight excluding hydrogens is 1440 g/mol. The van der Waals surface area contributed by atoms with Crippen LogP contribution in [0, 0.1) is 64.1 Å². The van der Waals surface area contributed by atoms with E-state index in [0.29, 0.717) is 42.7 Å². The molecule has 17 N–H and O–H groups in total. The summed E-state index contributed by atoms with van der Waals surface area (Å²) < 4.78 is 18.2. The van der Waals surface area contributed by atoms with Crippen molar-refractivity contribution in [3.8, 4) is 0 Å². The van der Waals surface area contributed by atoms with Crippen molar-refractivity contribution in [2.24, 2.45) is 64.1 Å². The number of allylic oxidation sites excluding steroid dienone is 7. The van der Waals surface area contributed by atoms with Crippen LogP contribution in [0.2, 0.25) is 0 Å². The molecule has 2 aliphatic heterocycles. The first-order valence-corrected chi connectivity index (χ1v) is 38.5. The lowest BCUT2D eigenvalue weighted by molar-refractivity contribution is -0.175. The van der Waals surface area contributed by atoms with Gasteiger partial charge in [-0.15, -0.1) is 0 Å². The Morgan fingerprint density at radius 2 is 1.29 bits per heavy atom. The first kappa shape index (κ1) is 99.9. The van der Waals surface area contributed by atoms with Gasteiger partial charge in [-0.2, -0.15) is 0 Å². The van der Waals surface area contributed by atoms with E-state index in [1.807, 2.05) is 24.3 Å². The van der Waals surface area contributed by atoms with Gasteiger partial charge in [0, 0.05) is 47.5 Å². The third kappa shape index (κ3) is 32.0. The summed E-state index contributed by atoms with van der Waals surface area (Å²) in [5.41, 5.74) is -2.10. The standard InChI is InChI=1S/C82H131N3O26/c1-42(2)67(93)65(83-62(91)34-35-81(15,16)74(99)53(13)75(100)82(17,18)80(107)108)71(97)49(9)39-47(7)68(94)44(4)30-32-57(87)51(11)76(101)85-64(54(14)86)73-52(12)60(110-63(92)41-59(89)77(102)103)33-31-45(5)69(95)46(6)38-48(8)70(96)50(10)58(88)40-56-37-43(3)36-55(109-56)28-26-24-22-20-19-21-23-25-27-29-61(90)84-66(79(106)111-73)72(98)78(104)105/h20,22-27,29,31,34-35,38-39,42-44,46,49-60,64-73,75,86-89,93-98,100H,19,21,28,30,32-33,36-37,40-41H2,1-18H3,(H,83,91)(H,84,90)(H,85,101)(H,102,103)(H,104,105)(H,107,108)/b22-20+,25-23+,26-24+,29-27+,35-34+,45-31+,47-39+,48-38+/t43-,44?,46?,49?,50?,51?,52?,53?,54?,55-,56+,57?,58?,59?,60?,64?,65?,66?,67?,68?,69?,70?,71?,72?,73?,75?/m1/s1. The van der Waals surface area contributed by atoms with Gasteiger partial charge in [-0.25, -0.2) is 14.4 Å². The van der Waals surface area contributed by atoms with Gasteiger partial charge in [0.1, 0.15) is 18.0 Å². The van der Waals surface area contributed by atoms with Crippen LogP contribution < -0.4 is 16.0 Å². The lowest BCUT2D eigenvalue weighted by Gasteiger charge is -2.38. The number of aliphatic hydroxyl groups is 11. The van der Waals surface area contributed by atoms with Gasteiger partial charge in [0.15, 0.2) is 18.2 Å². The van der Waals surface area contributed by atoms with E-state index >= 15 is 0 Å². The molecule has 1 fully saturated rings. The maximum absolute atomic E-state index is 14.6. The SMILES string of the molecule is C/C1=C\CC(OC(=O)CC(O)C(=O)O)C(C)C(C(NC(=O)C(C)C(O)CCC(C)C(O)/C(C)=C/C(C)C(O)C(NC(=O)/C=C/C(C)(C)C(=O)C(C)C(O)C(C)(C)C(=O)O)C(O)C(C)C)C(C)O)OC(=O)C(C(O)C(=O)O)NC(=O)/C=C/C=C/CC/C=C/C=C/C[C@@H]2C[C@@H](C)C[C@@H](CC(O)C(C)C(O)/C(C)=C/C(C)C1O)O2. The first-order chi connectivity index (χ1) is 51.4. The molecule has 0 aromatic heterocycles. The van der Waals surface area contributed by atoms with E-state index in [-0.39, 0.29) is 37.0 Å². The number of carbonyl (C=O) groups is 9. The van der Waals surface area contributed by atoms with E-state index in [1.165, 1.54) is 85.8 Å². The molecule has 26 atom stereocenters. The Hall–Kier alpha value is -7.13. The van der Waals surface area contributed by atoms with Crippen LogP contribution in [-0.2, 0) is 57.4 Å². The molecule has 2 bridgehead atoms. The first-order valence-electron chi connectivity index (χ1n) is 38.5. The maximum atomic E-state index is 14.6. The van der Waals surface area contributed by atoms with Crippen LogP contribution in [0.25, 0.3) is 0 Å². The predicted molar refractivity (Wildman–Crippen MR) is 413 cm³/mol. The van der Waals surface area contributed by atoms with Crippen molar-refractivity contribution in [3.05, 3.63) is 95.7 Å².